The summed E-state index contributed by atoms with van der Waals surface area (Å²) in [6.45, 7) is 3.28. The second kappa shape index (κ2) is 6.12. The molecule has 1 saturated heterocycles. The van der Waals surface area contributed by atoms with Crippen LogP contribution in [0.5, 0.6) is 0 Å². The standard InChI is InChI=1S/C15H20ClNO3/c1-11(12-5-3-4-6-13(12)16)17(2)9-15(14(18)19)7-8-20-10-15/h3-6,11H,7-10H2,1-2H3,(H,18,19). The predicted octanol–water partition coefficient (Wildman–Crippen LogP) is 2.82. The van der Waals surface area contributed by atoms with Gasteiger partial charge in [-0.25, -0.2) is 0 Å². The third kappa shape index (κ3) is 2.97. The average molecular weight is 298 g/mol. The SMILES string of the molecule is CC(c1ccccc1Cl)N(C)CC1(C(=O)O)CCOC1. The van der Waals surface area contributed by atoms with Gasteiger partial charge in [0, 0.05) is 24.2 Å². The molecule has 0 aliphatic carbocycles. The number of hydrogen-bond acceptors (Lipinski definition) is 3. The second-order valence-corrected chi connectivity index (χ2v) is 5.91. The van der Waals surface area contributed by atoms with E-state index in [-0.39, 0.29) is 12.6 Å². The zero-order valence-corrected chi connectivity index (χ0v) is 12.6. The highest BCUT2D eigenvalue weighted by Crippen LogP contribution is 2.33. The van der Waals surface area contributed by atoms with Gasteiger partial charge in [-0.1, -0.05) is 29.8 Å². The Balaban J connectivity index is 2.13. The van der Waals surface area contributed by atoms with Crippen LogP contribution in [0.25, 0.3) is 0 Å². The quantitative estimate of drug-likeness (QED) is 0.908. The number of ether oxygens (including phenoxy) is 1. The van der Waals surface area contributed by atoms with Gasteiger partial charge in [-0.05, 0) is 32.0 Å². The van der Waals surface area contributed by atoms with Crippen LogP contribution in [0.15, 0.2) is 24.3 Å². The number of carboxylic acid groups (broad SMARTS) is 1. The van der Waals surface area contributed by atoms with Crippen LogP contribution in [0.4, 0.5) is 0 Å². The van der Waals surface area contributed by atoms with Crippen LogP contribution in [0.1, 0.15) is 24.9 Å². The zero-order chi connectivity index (χ0) is 14.8. The molecule has 1 N–H and O–H groups in total. The summed E-state index contributed by atoms with van der Waals surface area (Å²) in [7, 11) is 1.93. The molecule has 2 atom stereocenters. The van der Waals surface area contributed by atoms with Gasteiger partial charge in [-0.2, -0.15) is 0 Å². The van der Waals surface area contributed by atoms with Crippen molar-refractivity contribution in [3.05, 3.63) is 34.9 Å². The van der Waals surface area contributed by atoms with E-state index in [9.17, 15) is 9.90 Å². The average Bonchev–Trinajstić information content (AvgIpc) is 2.88. The lowest BCUT2D eigenvalue weighted by Crippen LogP contribution is -2.43. The highest BCUT2D eigenvalue weighted by atomic mass is 35.5. The predicted molar refractivity (Wildman–Crippen MR) is 78.0 cm³/mol. The third-order valence-electron chi connectivity index (χ3n) is 4.13. The van der Waals surface area contributed by atoms with E-state index in [1.807, 2.05) is 43.1 Å². The van der Waals surface area contributed by atoms with Gasteiger partial charge in [-0.15, -0.1) is 0 Å². The fourth-order valence-electron chi connectivity index (χ4n) is 2.63. The van der Waals surface area contributed by atoms with Gasteiger partial charge >= 0.3 is 5.97 Å². The van der Waals surface area contributed by atoms with E-state index < -0.39 is 11.4 Å². The summed E-state index contributed by atoms with van der Waals surface area (Å²) in [6, 6.07) is 7.72. The van der Waals surface area contributed by atoms with Crippen molar-refractivity contribution in [3.63, 3.8) is 0 Å². The lowest BCUT2D eigenvalue weighted by molar-refractivity contribution is -0.150. The molecule has 0 spiro atoms. The van der Waals surface area contributed by atoms with Gasteiger partial charge in [0.1, 0.15) is 5.41 Å². The number of benzene rings is 1. The Bertz CT molecular complexity index is 486. The first kappa shape index (κ1) is 15.3. The smallest absolute Gasteiger partial charge is 0.313 e. The molecule has 2 unspecified atom stereocenters. The lowest BCUT2D eigenvalue weighted by Gasteiger charge is -2.32. The van der Waals surface area contributed by atoms with E-state index in [1.54, 1.807) is 0 Å². The molecule has 1 aliphatic heterocycles. The van der Waals surface area contributed by atoms with Crippen molar-refractivity contribution in [2.45, 2.75) is 19.4 Å². The van der Waals surface area contributed by atoms with E-state index in [0.717, 1.165) is 5.56 Å². The maximum Gasteiger partial charge on any atom is 0.313 e. The van der Waals surface area contributed by atoms with Crippen molar-refractivity contribution >= 4 is 17.6 Å². The third-order valence-corrected chi connectivity index (χ3v) is 4.47. The largest absolute Gasteiger partial charge is 0.481 e. The number of hydrogen-bond donors (Lipinski definition) is 1. The molecule has 0 radical (unpaired) electrons. The summed E-state index contributed by atoms with van der Waals surface area (Å²) < 4.78 is 5.30. The molecule has 0 amide bonds. The van der Waals surface area contributed by atoms with Crippen molar-refractivity contribution < 1.29 is 14.6 Å². The van der Waals surface area contributed by atoms with Gasteiger partial charge in [0.05, 0.1) is 6.61 Å². The summed E-state index contributed by atoms with van der Waals surface area (Å²) >= 11 is 6.21. The Morgan fingerprint density at radius 2 is 2.25 bits per heavy atom. The van der Waals surface area contributed by atoms with Crippen LogP contribution in [0.2, 0.25) is 5.02 Å². The summed E-state index contributed by atoms with van der Waals surface area (Å²) in [4.78, 5) is 13.6. The second-order valence-electron chi connectivity index (χ2n) is 5.50. The molecular weight excluding hydrogens is 278 g/mol. The maximum atomic E-state index is 11.6. The first-order valence-electron chi connectivity index (χ1n) is 6.72. The van der Waals surface area contributed by atoms with E-state index in [1.165, 1.54) is 0 Å². The Labute approximate surface area is 124 Å². The minimum Gasteiger partial charge on any atom is -0.481 e. The van der Waals surface area contributed by atoms with Crippen molar-refractivity contribution in [2.24, 2.45) is 5.41 Å². The molecule has 1 aromatic rings. The molecule has 0 bridgehead atoms. The Hall–Kier alpha value is -1.10. The number of carbonyl (C=O) groups is 1. The monoisotopic (exact) mass is 297 g/mol. The topological polar surface area (TPSA) is 49.8 Å². The van der Waals surface area contributed by atoms with Crippen molar-refractivity contribution in [3.8, 4) is 0 Å². The Morgan fingerprint density at radius 3 is 2.80 bits per heavy atom. The minimum absolute atomic E-state index is 0.0560. The molecule has 0 saturated carbocycles. The van der Waals surface area contributed by atoms with Crippen LogP contribution in [-0.2, 0) is 9.53 Å². The molecule has 4 nitrogen and oxygen atoms in total. The van der Waals surface area contributed by atoms with Gasteiger partial charge in [0.2, 0.25) is 0 Å². The van der Waals surface area contributed by atoms with E-state index in [0.29, 0.717) is 24.6 Å². The summed E-state index contributed by atoms with van der Waals surface area (Å²) in [5.41, 5.74) is 0.209. The number of nitrogens with zero attached hydrogens (tertiary/aromatic N) is 1. The highest BCUT2D eigenvalue weighted by Gasteiger charge is 2.44. The molecule has 1 aromatic carbocycles. The first-order valence-corrected chi connectivity index (χ1v) is 7.10. The molecule has 2 rings (SSSR count). The number of halogens is 1. The van der Waals surface area contributed by atoms with Crippen molar-refractivity contribution in [1.29, 1.82) is 0 Å². The van der Waals surface area contributed by atoms with E-state index in [2.05, 4.69) is 0 Å². The molecule has 110 valence electrons. The molecule has 1 fully saturated rings. The molecule has 0 aromatic heterocycles. The van der Waals surface area contributed by atoms with Crippen molar-refractivity contribution in [1.82, 2.24) is 4.90 Å². The summed E-state index contributed by atoms with van der Waals surface area (Å²) in [5.74, 6) is -0.784. The number of carboxylic acids is 1. The molecule has 5 heteroatoms. The van der Waals surface area contributed by atoms with Crippen LogP contribution in [0.3, 0.4) is 0 Å². The van der Waals surface area contributed by atoms with E-state index in [4.69, 9.17) is 16.3 Å². The Kier molecular flexibility index (Phi) is 4.68. The molecular formula is C15H20ClNO3. The summed E-state index contributed by atoms with van der Waals surface area (Å²) in [6.07, 6.45) is 0.557. The zero-order valence-electron chi connectivity index (χ0n) is 11.8. The number of rotatable bonds is 5. The van der Waals surface area contributed by atoms with Gasteiger partial charge in [-0.3, -0.25) is 9.69 Å². The van der Waals surface area contributed by atoms with Gasteiger partial charge < -0.3 is 9.84 Å². The van der Waals surface area contributed by atoms with Crippen molar-refractivity contribution in [2.75, 3.05) is 26.8 Å². The minimum atomic E-state index is -0.801. The first-order chi connectivity index (χ1) is 9.46. The summed E-state index contributed by atoms with van der Waals surface area (Å²) in [5, 5.41) is 10.2. The maximum absolute atomic E-state index is 11.6. The molecule has 1 aliphatic rings. The highest BCUT2D eigenvalue weighted by molar-refractivity contribution is 6.31. The van der Waals surface area contributed by atoms with Gasteiger partial charge in [0.15, 0.2) is 0 Å². The van der Waals surface area contributed by atoms with Crippen LogP contribution in [-0.4, -0.2) is 42.8 Å². The van der Waals surface area contributed by atoms with Crippen LogP contribution in [0, 0.1) is 5.41 Å². The van der Waals surface area contributed by atoms with Crippen LogP contribution >= 0.6 is 11.6 Å². The molecule has 1 heterocycles. The molecule has 20 heavy (non-hydrogen) atoms. The fraction of sp³-hybridized carbons (Fsp3) is 0.533. The number of aliphatic carboxylic acids is 1. The van der Waals surface area contributed by atoms with Gasteiger partial charge in [0.25, 0.3) is 0 Å². The van der Waals surface area contributed by atoms with E-state index >= 15 is 0 Å². The fourth-order valence-corrected chi connectivity index (χ4v) is 2.93. The lowest BCUT2D eigenvalue weighted by atomic mass is 9.86. The van der Waals surface area contributed by atoms with Crippen LogP contribution < -0.4 is 0 Å². The Morgan fingerprint density at radius 1 is 1.55 bits per heavy atom. The normalized spacial score (nSPS) is 24.0.